The van der Waals surface area contributed by atoms with Crippen LogP contribution in [0.25, 0.3) is 10.9 Å². The Morgan fingerprint density at radius 2 is 2.15 bits per heavy atom. The van der Waals surface area contributed by atoms with Crippen molar-refractivity contribution in [2.45, 2.75) is 6.61 Å². The van der Waals surface area contributed by atoms with E-state index in [1.165, 1.54) is 0 Å². The van der Waals surface area contributed by atoms with Crippen LogP contribution in [-0.4, -0.2) is 17.1 Å². The molecule has 13 heavy (non-hydrogen) atoms. The molecule has 2 rings (SSSR count). The second-order valence-electron chi connectivity index (χ2n) is 2.78. The van der Waals surface area contributed by atoms with Crippen molar-refractivity contribution in [3.8, 4) is 0 Å². The highest BCUT2D eigenvalue weighted by molar-refractivity contribution is 5.77. The van der Waals surface area contributed by atoms with Crippen LogP contribution in [0.4, 0.5) is 0 Å². The molecule has 1 aromatic heterocycles. The molecule has 0 atom stereocenters. The van der Waals surface area contributed by atoms with Gasteiger partial charge < -0.3 is 4.74 Å². The summed E-state index contributed by atoms with van der Waals surface area (Å²) in [6.07, 6.45) is 1.82. The van der Waals surface area contributed by atoms with Gasteiger partial charge in [-0.25, -0.2) is 9.97 Å². The van der Waals surface area contributed by atoms with Gasteiger partial charge in [0.2, 0.25) is 0 Å². The fourth-order valence-corrected chi connectivity index (χ4v) is 1.21. The number of hydrogen-bond donors (Lipinski definition) is 0. The number of fused-ring (bicyclic) bond motifs is 1. The first-order valence-corrected chi connectivity index (χ1v) is 4.10. The molecule has 0 bridgehead atoms. The van der Waals surface area contributed by atoms with Crippen LogP contribution in [0.2, 0.25) is 0 Å². The lowest BCUT2D eigenvalue weighted by atomic mass is 10.2. The zero-order chi connectivity index (χ0) is 9.10. The minimum Gasteiger partial charge on any atom is -0.377 e. The highest BCUT2D eigenvalue weighted by atomic mass is 16.5. The van der Waals surface area contributed by atoms with E-state index in [-0.39, 0.29) is 0 Å². The molecule has 0 saturated heterocycles. The number of para-hydroxylation sites is 1. The first kappa shape index (κ1) is 8.13. The summed E-state index contributed by atoms with van der Waals surface area (Å²) in [6.45, 7) is 0.463. The summed E-state index contributed by atoms with van der Waals surface area (Å²) in [5, 5.41) is 1.06. The van der Waals surface area contributed by atoms with Crippen molar-refractivity contribution >= 4 is 10.9 Å². The molecule has 0 spiro atoms. The van der Waals surface area contributed by atoms with Gasteiger partial charge in [-0.1, -0.05) is 18.2 Å². The van der Waals surface area contributed by atoms with Gasteiger partial charge in [-0.15, -0.1) is 0 Å². The molecule has 0 aliphatic rings. The summed E-state index contributed by atoms with van der Waals surface area (Å²) >= 11 is 0. The van der Waals surface area contributed by atoms with Gasteiger partial charge in [0.15, 0.2) is 5.82 Å². The van der Waals surface area contributed by atoms with E-state index in [9.17, 15) is 0 Å². The zero-order valence-corrected chi connectivity index (χ0v) is 7.40. The SMILES string of the molecule is COCc1ncc2ccccc2n1. The van der Waals surface area contributed by atoms with Crippen molar-refractivity contribution in [3.63, 3.8) is 0 Å². The number of rotatable bonds is 2. The minimum absolute atomic E-state index is 0.463. The molecule has 0 amide bonds. The molecule has 66 valence electrons. The monoisotopic (exact) mass is 174 g/mol. The predicted molar refractivity (Wildman–Crippen MR) is 50.3 cm³/mol. The van der Waals surface area contributed by atoms with E-state index < -0.39 is 0 Å². The van der Waals surface area contributed by atoms with E-state index in [4.69, 9.17) is 4.74 Å². The fraction of sp³-hybridized carbons (Fsp3) is 0.200. The van der Waals surface area contributed by atoms with E-state index >= 15 is 0 Å². The van der Waals surface area contributed by atoms with Crippen LogP contribution in [-0.2, 0) is 11.3 Å². The molecule has 0 fully saturated rings. The maximum Gasteiger partial charge on any atom is 0.154 e. The number of benzene rings is 1. The standard InChI is InChI=1S/C10H10N2O/c1-13-7-10-11-6-8-4-2-3-5-9(8)12-10/h2-6H,7H2,1H3. The molecule has 3 heteroatoms. The van der Waals surface area contributed by atoms with Crippen molar-refractivity contribution in [3.05, 3.63) is 36.3 Å². The van der Waals surface area contributed by atoms with Gasteiger partial charge in [0.25, 0.3) is 0 Å². The Balaban J connectivity index is 2.49. The number of aromatic nitrogens is 2. The van der Waals surface area contributed by atoms with Crippen molar-refractivity contribution in [1.29, 1.82) is 0 Å². The van der Waals surface area contributed by atoms with Crippen LogP contribution in [0.5, 0.6) is 0 Å². The van der Waals surface area contributed by atoms with Gasteiger partial charge in [0.1, 0.15) is 6.61 Å². The Bertz CT molecular complexity index is 414. The van der Waals surface area contributed by atoms with Crippen molar-refractivity contribution < 1.29 is 4.74 Å². The molecule has 1 heterocycles. The summed E-state index contributed by atoms with van der Waals surface area (Å²) < 4.78 is 4.95. The number of hydrogen-bond acceptors (Lipinski definition) is 3. The van der Waals surface area contributed by atoms with Gasteiger partial charge in [-0.3, -0.25) is 0 Å². The van der Waals surface area contributed by atoms with Gasteiger partial charge in [0, 0.05) is 18.7 Å². The van der Waals surface area contributed by atoms with Crippen LogP contribution in [0.1, 0.15) is 5.82 Å². The highest BCUT2D eigenvalue weighted by Crippen LogP contribution is 2.09. The Kier molecular flexibility index (Phi) is 2.19. The summed E-state index contributed by atoms with van der Waals surface area (Å²) in [5.74, 6) is 0.723. The summed E-state index contributed by atoms with van der Waals surface area (Å²) in [5.41, 5.74) is 0.963. The molecule has 2 aromatic rings. The average Bonchev–Trinajstić information content (AvgIpc) is 2.18. The zero-order valence-electron chi connectivity index (χ0n) is 7.40. The first-order valence-electron chi connectivity index (χ1n) is 4.10. The Morgan fingerprint density at radius 1 is 1.31 bits per heavy atom. The molecular weight excluding hydrogens is 164 g/mol. The molecule has 3 nitrogen and oxygen atoms in total. The van der Waals surface area contributed by atoms with E-state index in [1.807, 2.05) is 30.5 Å². The third-order valence-electron chi connectivity index (χ3n) is 1.81. The molecule has 0 saturated carbocycles. The van der Waals surface area contributed by atoms with Crippen LogP contribution >= 0.6 is 0 Å². The van der Waals surface area contributed by atoms with Gasteiger partial charge in [0.05, 0.1) is 5.52 Å². The first-order chi connectivity index (χ1) is 6.40. The lowest BCUT2D eigenvalue weighted by Gasteiger charge is -1.99. The maximum absolute atomic E-state index is 4.95. The molecule has 0 unspecified atom stereocenters. The summed E-state index contributed by atoms with van der Waals surface area (Å²) in [7, 11) is 1.64. The summed E-state index contributed by atoms with van der Waals surface area (Å²) in [4.78, 5) is 8.49. The summed E-state index contributed by atoms with van der Waals surface area (Å²) in [6, 6.07) is 7.90. The van der Waals surface area contributed by atoms with Crippen molar-refractivity contribution in [2.24, 2.45) is 0 Å². The van der Waals surface area contributed by atoms with Crippen LogP contribution in [0, 0.1) is 0 Å². The van der Waals surface area contributed by atoms with Crippen LogP contribution < -0.4 is 0 Å². The van der Waals surface area contributed by atoms with Crippen LogP contribution in [0.3, 0.4) is 0 Å². The van der Waals surface area contributed by atoms with Gasteiger partial charge in [-0.05, 0) is 6.07 Å². The minimum atomic E-state index is 0.463. The van der Waals surface area contributed by atoms with E-state index in [1.54, 1.807) is 7.11 Å². The Labute approximate surface area is 76.4 Å². The smallest absolute Gasteiger partial charge is 0.154 e. The molecular formula is C10H10N2O. The molecule has 0 radical (unpaired) electrons. The van der Waals surface area contributed by atoms with Crippen molar-refractivity contribution in [1.82, 2.24) is 9.97 Å². The largest absolute Gasteiger partial charge is 0.377 e. The van der Waals surface area contributed by atoms with Crippen molar-refractivity contribution in [2.75, 3.05) is 7.11 Å². The average molecular weight is 174 g/mol. The van der Waals surface area contributed by atoms with Crippen LogP contribution in [0.15, 0.2) is 30.5 Å². The predicted octanol–water partition coefficient (Wildman–Crippen LogP) is 1.78. The Hall–Kier alpha value is -1.48. The third kappa shape index (κ3) is 1.65. The third-order valence-corrected chi connectivity index (χ3v) is 1.81. The van der Waals surface area contributed by atoms with Gasteiger partial charge in [-0.2, -0.15) is 0 Å². The van der Waals surface area contributed by atoms with Gasteiger partial charge >= 0.3 is 0 Å². The molecule has 0 N–H and O–H groups in total. The molecule has 1 aromatic carbocycles. The molecule has 0 aliphatic carbocycles. The molecule has 0 aliphatic heterocycles. The number of ether oxygens (including phenoxy) is 1. The number of nitrogens with zero attached hydrogens (tertiary/aromatic N) is 2. The topological polar surface area (TPSA) is 35.0 Å². The van der Waals surface area contributed by atoms with E-state index in [2.05, 4.69) is 9.97 Å². The second kappa shape index (κ2) is 3.49. The van der Waals surface area contributed by atoms with E-state index in [0.29, 0.717) is 6.61 Å². The lowest BCUT2D eigenvalue weighted by Crippen LogP contribution is -1.96. The van der Waals surface area contributed by atoms with E-state index in [0.717, 1.165) is 16.7 Å². The lowest BCUT2D eigenvalue weighted by molar-refractivity contribution is 0.178. The highest BCUT2D eigenvalue weighted by Gasteiger charge is 1.97. The number of methoxy groups -OCH3 is 1. The Morgan fingerprint density at radius 3 is 3.00 bits per heavy atom. The quantitative estimate of drug-likeness (QED) is 0.696. The normalized spacial score (nSPS) is 10.5. The second-order valence-corrected chi connectivity index (χ2v) is 2.78. The maximum atomic E-state index is 4.95. The fourth-order valence-electron chi connectivity index (χ4n) is 1.21.